The van der Waals surface area contributed by atoms with Crippen LogP contribution in [0.3, 0.4) is 0 Å². The van der Waals surface area contributed by atoms with Crippen LogP contribution in [0.5, 0.6) is 0 Å². The lowest BCUT2D eigenvalue weighted by molar-refractivity contribution is -0.153. The first kappa shape index (κ1) is 26.3. The first-order valence-corrected chi connectivity index (χ1v) is 11.8. The van der Waals surface area contributed by atoms with Crippen LogP contribution in [0.1, 0.15) is 39.3 Å². The minimum atomic E-state index is -1.50. The van der Waals surface area contributed by atoms with Crippen molar-refractivity contribution in [3.63, 3.8) is 0 Å². The quantitative estimate of drug-likeness (QED) is 0.0958. The van der Waals surface area contributed by atoms with Crippen molar-refractivity contribution < 1.29 is 33.9 Å². The fourth-order valence-electron chi connectivity index (χ4n) is 2.97. The molecule has 0 unspecified atom stereocenters. The SMILES string of the molecule is CC(C)(C)OC(=O)Nc1nc(C(=NOC2(C(=O)O)CC2)C(=O)N[C@@H]2C(=O)N[C@@H]2CNCCN)cs1. The van der Waals surface area contributed by atoms with Crippen molar-refractivity contribution in [2.45, 2.75) is 56.9 Å². The van der Waals surface area contributed by atoms with Crippen LogP contribution in [0.4, 0.5) is 9.93 Å². The first-order chi connectivity index (χ1) is 16.4. The van der Waals surface area contributed by atoms with Crippen LogP contribution in [-0.4, -0.2) is 82.6 Å². The molecule has 1 aromatic heterocycles. The van der Waals surface area contributed by atoms with Gasteiger partial charge < -0.3 is 36.4 Å². The van der Waals surface area contributed by atoms with E-state index in [1.54, 1.807) is 20.8 Å². The molecule has 1 saturated heterocycles. The molecule has 2 fully saturated rings. The third-order valence-electron chi connectivity index (χ3n) is 4.96. The molecule has 15 heteroatoms. The number of amides is 3. The number of anilines is 1. The largest absolute Gasteiger partial charge is 0.478 e. The average Bonchev–Trinajstić information content (AvgIpc) is 3.42. The van der Waals surface area contributed by atoms with Gasteiger partial charge in [0.05, 0.1) is 6.04 Å². The van der Waals surface area contributed by atoms with Crippen molar-refractivity contribution in [1.82, 2.24) is 20.9 Å². The van der Waals surface area contributed by atoms with Gasteiger partial charge in [-0.2, -0.15) is 0 Å². The van der Waals surface area contributed by atoms with Crippen LogP contribution in [-0.2, 0) is 24.0 Å². The number of nitrogens with two attached hydrogens (primary N) is 1. The number of carboxylic acids is 1. The summed E-state index contributed by atoms with van der Waals surface area (Å²) >= 11 is 1.00. The van der Waals surface area contributed by atoms with E-state index < -0.39 is 35.2 Å². The van der Waals surface area contributed by atoms with Gasteiger partial charge in [0.1, 0.15) is 17.3 Å². The smallest absolute Gasteiger partial charge is 0.413 e. The molecule has 0 aromatic carbocycles. The van der Waals surface area contributed by atoms with E-state index in [9.17, 15) is 24.3 Å². The summed E-state index contributed by atoms with van der Waals surface area (Å²) in [5.74, 6) is -2.37. The summed E-state index contributed by atoms with van der Waals surface area (Å²) in [6.45, 7) is 6.46. The van der Waals surface area contributed by atoms with Crippen LogP contribution >= 0.6 is 11.3 Å². The Labute approximate surface area is 205 Å². The van der Waals surface area contributed by atoms with Gasteiger partial charge >= 0.3 is 12.1 Å². The lowest BCUT2D eigenvalue weighted by Gasteiger charge is -2.37. The predicted octanol–water partition coefficient (Wildman–Crippen LogP) is -0.640. The van der Waals surface area contributed by atoms with Crippen molar-refractivity contribution in [2.75, 3.05) is 25.0 Å². The van der Waals surface area contributed by atoms with Crippen molar-refractivity contribution in [3.05, 3.63) is 11.1 Å². The molecule has 7 N–H and O–H groups in total. The van der Waals surface area contributed by atoms with Gasteiger partial charge in [-0.15, -0.1) is 11.3 Å². The molecule has 1 aliphatic carbocycles. The summed E-state index contributed by atoms with van der Waals surface area (Å²) < 4.78 is 5.18. The molecule has 192 valence electrons. The second kappa shape index (κ2) is 10.5. The fraction of sp³-hybridized carbons (Fsp3) is 0.600. The molecule has 3 amide bonds. The van der Waals surface area contributed by atoms with E-state index in [2.05, 4.69) is 31.4 Å². The monoisotopic (exact) mass is 511 g/mol. The zero-order chi connectivity index (χ0) is 25.8. The second-order valence-electron chi connectivity index (χ2n) is 9.05. The molecule has 2 aliphatic rings. The maximum absolute atomic E-state index is 13.1. The highest BCUT2D eigenvalue weighted by molar-refractivity contribution is 7.14. The van der Waals surface area contributed by atoms with Gasteiger partial charge in [-0.1, -0.05) is 5.16 Å². The number of rotatable bonds is 11. The topological polar surface area (TPSA) is 206 Å². The molecule has 1 aliphatic heterocycles. The average molecular weight is 512 g/mol. The Hall–Kier alpha value is -3.30. The number of carboxylic acid groups (broad SMARTS) is 1. The number of aromatic nitrogens is 1. The molecule has 2 heterocycles. The van der Waals surface area contributed by atoms with Crippen molar-refractivity contribution >= 4 is 46.1 Å². The molecule has 0 radical (unpaired) electrons. The van der Waals surface area contributed by atoms with Crippen LogP contribution in [0.2, 0.25) is 0 Å². The van der Waals surface area contributed by atoms with E-state index in [1.807, 2.05) is 0 Å². The summed E-state index contributed by atoms with van der Waals surface area (Å²) in [5.41, 5.74) is 2.92. The maximum atomic E-state index is 13.1. The third-order valence-corrected chi connectivity index (χ3v) is 5.72. The van der Waals surface area contributed by atoms with Crippen molar-refractivity contribution in [2.24, 2.45) is 10.9 Å². The molecule has 0 bridgehead atoms. The molecular weight excluding hydrogens is 482 g/mol. The number of hydrogen-bond acceptors (Lipinski definition) is 11. The number of nitrogens with zero attached hydrogens (tertiary/aromatic N) is 2. The highest BCUT2D eigenvalue weighted by Gasteiger charge is 2.54. The van der Waals surface area contributed by atoms with Gasteiger partial charge in [0.2, 0.25) is 11.5 Å². The molecule has 1 aromatic rings. The van der Waals surface area contributed by atoms with E-state index in [0.717, 1.165) is 11.3 Å². The Morgan fingerprint density at radius 1 is 1.37 bits per heavy atom. The Morgan fingerprint density at radius 2 is 2.09 bits per heavy atom. The number of aliphatic carboxylic acids is 1. The Bertz CT molecular complexity index is 1020. The summed E-state index contributed by atoms with van der Waals surface area (Å²) in [6, 6.07) is -1.21. The number of carbonyl (C=O) groups is 4. The highest BCUT2D eigenvalue weighted by atomic mass is 32.1. The number of oxime groups is 1. The minimum absolute atomic E-state index is 0.0253. The zero-order valence-corrected chi connectivity index (χ0v) is 20.4. The van der Waals surface area contributed by atoms with Gasteiger partial charge in [-0.05, 0) is 20.8 Å². The minimum Gasteiger partial charge on any atom is -0.478 e. The van der Waals surface area contributed by atoms with Crippen molar-refractivity contribution in [3.8, 4) is 0 Å². The summed E-state index contributed by atoms with van der Waals surface area (Å²) in [6.07, 6.45) is -0.258. The van der Waals surface area contributed by atoms with E-state index >= 15 is 0 Å². The Kier molecular flexibility index (Phi) is 7.92. The lowest BCUT2D eigenvalue weighted by atomic mass is 9.98. The summed E-state index contributed by atoms with van der Waals surface area (Å²) in [4.78, 5) is 58.0. The van der Waals surface area contributed by atoms with E-state index in [1.165, 1.54) is 5.38 Å². The summed E-state index contributed by atoms with van der Waals surface area (Å²) in [7, 11) is 0. The number of carbonyl (C=O) groups excluding carboxylic acids is 3. The van der Waals surface area contributed by atoms with Crippen LogP contribution < -0.4 is 27.0 Å². The standard InChI is InChI=1S/C20H29N7O7S/c1-19(2,3)33-18(32)26-17-24-11(9-35-17)13(27-34-20(4-5-20)16(30)31)15(29)25-12-10(23-14(12)28)8-22-7-6-21/h9-10,12,22H,4-8,21H2,1-3H3,(H,23,28)(H,25,29)(H,30,31)(H,24,26,32)/t10-,12+/m1/s1. The number of hydrogen-bond donors (Lipinski definition) is 6. The molecular formula is C20H29N7O7S. The van der Waals surface area contributed by atoms with E-state index in [4.69, 9.17) is 15.3 Å². The van der Waals surface area contributed by atoms with Gasteiger partial charge in [-0.25, -0.2) is 14.6 Å². The van der Waals surface area contributed by atoms with Crippen molar-refractivity contribution in [1.29, 1.82) is 0 Å². The van der Waals surface area contributed by atoms with Gasteiger partial charge in [0.15, 0.2) is 10.8 Å². The second-order valence-corrected chi connectivity index (χ2v) is 9.91. The fourth-order valence-corrected chi connectivity index (χ4v) is 3.65. The number of β-lactam (4-membered cyclic amide) rings is 1. The number of ether oxygens (including phenoxy) is 1. The van der Waals surface area contributed by atoms with Crippen LogP contribution in [0.15, 0.2) is 10.5 Å². The summed E-state index contributed by atoms with van der Waals surface area (Å²) in [5, 5.41) is 25.5. The van der Waals surface area contributed by atoms with E-state index in [0.29, 0.717) is 19.6 Å². The molecule has 3 rings (SSSR count). The normalized spacial score (nSPS) is 20.8. The van der Waals surface area contributed by atoms with Gasteiger partial charge in [0.25, 0.3) is 5.91 Å². The van der Waals surface area contributed by atoms with Crippen LogP contribution in [0, 0.1) is 0 Å². The van der Waals surface area contributed by atoms with Gasteiger partial charge in [-0.3, -0.25) is 14.9 Å². The molecule has 2 atom stereocenters. The van der Waals surface area contributed by atoms with E-state index in [-0.39, 0.29) is 41.3 Å². The van der Waals surface area contributed by atoms with Gasteiger partial charge in [0, 0.05) is 37.9 Å². The van der Waals surface area contributed by atoms with Crippen LogP contribution in [0.25, 0.3) is 0 Å². The number of thiazole rings is 1. The molecule has 0 spiro atoms. The first-order valence-electron chi connectivity index (χ1n) is 10.9. The molecule has 35 heavy (non-hydrogen) atoms. The Morgan fingerprint density at radius 3 is 2.66 bits per heavy atom. The highest BCUT2D eigenvalue weighted by Crippen LogP contribution is 2.40. The molecule has 1 saturated carbocycles. The third kappa shape index (κ3) is 6.86. The molecule has 14 nitrogen and oxygen atoms in total. The zero-order valence-electron chi connectivity index (χ0n) is 19.5. The maximum Gasteiger partial charge on any atom is 0.413 e. The Balaban J connectivity index is 1.75. The predicted molar refractivity (Wildman–Crippen MR) is 125 cm³/mol. The lowest BCUT2D eigenvalue weighted by Crippen LogP contribution is -2.72. The number of nitrogens with one attached hydrogen (secondary N) is 4.